The Morgan fingerprint density at radius 2 is 1.76 bits per heavy atom. The molecule has 0 aromatic heterocycles. The molecule has 0 aliphatic heterocycles. The first kappa shape index (κ1) is 15.4. The Balaban J connectivity index is 2.04. The standard InChI is InChI=1S/C17H18ClNO2/c1-12(14-9-6-10-15(11-14)21-2)19-17(20)16(18)13-7-4-3-5-8-13/h3-12,16H,1-2H3,(H,19,20)/t12-,16?/m0/s1. The van der Waals surface area contributed by atoms with Crippen LogP contribution >= 0.6 is 11.6 Å². The van der Waals surface area contributed by atoms with Crippen molar-refractivity contribution in [3.8, 4) is 5.75 Å². The molecule has 1 N–H and O–H groups in total. The molecule has 2 rings (SSSR count). The molecule has 3 nitrogen and oxygen atoms in total. The van der Waals surface area contributed by atoms with Gasteiger partial charge in [0.1, 0.15) is 11.1 Å². The molecule has 21 heavy (non-hydrogen) atoms. The maximum absolute atomic E-state index is 12.2. The van der Waals surface area contributed by atoms with Gasteiger partial charge in [0.15, 0.2) is 0 Å². The second kappa shape index (κ2) is 7.14. The molecule has 0 saturated carbocycles. The molecule has 2 atom stereocenters. The van der Waals surface area contributed by atoms with E-state index in [0.29, 0.717) is 0 Å². The molecular weight excluding hydrogens is 286 g/mol. The van der Waals surface area contributed by atoms with E-state index in [1.165, 1.54) is 0 Å². The molecular formula is C17H18ClNO2. The van der Waals surface area contributed by atoms with E-state index in [2.05, 4.69) is 5.32 Å². The fourth-order valence-electron chi connectivity index (χ4n) is 2.05. The minimum atomic E-state index is -0.695. The third-order valence-electron chi connectivity index (χ3n) is 3.27. The van der Waals surface area contributed by atoms with Gasteiger partial charge in [0.05, 0.1) is 13.2 Å². The molecule has 0 spiro atoms. The normalized spacial score (nSPS) is 13.3. The first-order valence-electron chi connectivity index (χ1n) is 6.75. The van der Waals surface area contributed by atoms with Gasteiger partial charge in [-0.3, -0.25) is 4.79 Å². The number of alkyl halides is 1. The van der Waals surface area contributed by atoms with Crippen molar-refractivity contribution >= 4 is 17.5 Å². The van der Waals surface area contributed by atoms with Crippen LogP contribution in [0.3, 0.4) is 0 Å². The van der Waals surface area contributed by atoms with E-state index in [1.807, 2.05) is 61.5 Å². The van der Waals surface area contributed by atoms with Gasteiger partial charge in [-0.05, 0) is 30.2 Å². The van der Waals surface area contributed by atoms with Crippen LogP contribution in [0.25, 0.3) is 0 Å². The zero-order chi connectivity index (χ0) is 15.2. The highest BCUT2D eigenvalue weighted by molar-refractivity contribution is 6.30. The summed E-state index contributed by atoms with van der Waals surface area (Å²) in [5.41, 5.74) is 1.76. The predicted molar refractivity (Wildman–Crippen MR) is 84.6 cm³/mol. The number of carbonyl (C=O) groups is 1. The fraction of sp³-hybridized carbons (Fsp3) is 0.235. The average molecular weight is 304 g/mol. The average Bonchev–Trinajstić information content (AvgIpc) is 2.54. The highest BCUT2D eigenvalue weighted by Gasteiger charge is 2.19. The van der Waals surface area contributed by atoms with Crippen LogP contribution in [-0.4, -0.2) is 13.0 Å². The van der Waals surface area contributed by atoms with Crippen LogP contribution in [-0.2, 0) is 4.79 Å². The molecule has 1 amide bonds. The Kier molecular flexibility index (Phi) is 5.23. The second-order valence-corrected chi connectivity index (χ2v) is 5.22. The molecule has 4 heteroatoms. The number of hydrogen-bond donors (Lipinski definition) is 1. The summed E-state index contributed by atoms with van der Waals surface area (Å²) in [6.07, 6.45) is 0. The smallest absolute Gasteiger partial charge is 0.243 e. The molecule has 0 bridgehead atoms. The van der Waals surface area contributed by atoms with Crippen molar-refractivity contribution in [2.75, 3.05) is 7.11 Å². The summed E-state index contributed by atoms with van der Waals surface area (Å²) >= 11 is 6.21. The molecule has 1 unspecified atom stereocenters. The minimum absolute atomic E-state index is 0.141. The lowest BCUT2D eigenvalue weighted by atomic mass is 10.1. The predicted octanol–water partition coefficient (Wildman–Crippen LogP) is 3.85. The van der Waals surface area contributed by atoms with Gasteiger partial charge in [-0.1, -0.05) is 42.5 Å². The van der Waals surface area contributed by atoms with Crippen molar-refractivity contribution in [1.29, 1.82) is 0 Å². The lowest BCUT2D eigenvalue weighted by Crippen LogP contribution is -2.29. The Morgan fingerprint density at radius 3 is 2.43 bits per heavy atom. The van der Waals surface area contributed by atoms with Gasteiger partial charge in [-0.25, -0.2) is 0 Å². The molecule has 0 fully saturated rings. The highest BCUT2D eigenvalue weighted by atomic mass is 35.5. The lowest BCUT2D eigenvalue weighted by molar-refractivity contribution is -0.121. The third kappa shape index (κ3) is 3.99. The van der Waals surface area contributed by atoms with Crippen molar-refractivity contribution in [3.05, 3.63) is 65.7 Å². The van der Waals surface area contributed by atoms with Crippen molar-refractivity contribution in [3.63, 3.8) is 0 Å². The Morgan fingerprint density at radius 1 is 1.10 bits per heavy atom. The maximum atomic E-state index is 12.2. The van der Waals surface area contributed by atoms with Crippen LogP contribution in [0.2, 0.25) is 0 Å². The summed E-state index contributed by atoms with van der Waals surface area (Å²) in [5.74, 6) is 0.553. The molecule has 0 heterocycles. The number of benzene rings is 2. The molecule has 2 aromatic rings. The number of rotatable bonds is 5. The number of halogens is 1. The summed E-state index contributed by atoms with van der Waals surface area (Å²) in [7, 11) is 1.62. The molecule has 2 aromatic carbocycles. The molecule has 110 valence electrons. The number of hydrogen-bond acceptors (Lipinski definition) is 2. The summed E-state index contributed by atoms with van der Waals surface area (Å²) in [5, 5.41) is 2.22. The Bertz CT molecular complexity index is 601. The van der Waals surface area contributed by atoms with E-state index in [4.69, 9.17) is 16.3 Å². The summed E-state index contributed by atoms with van der Waals surface area (Å²) < 4.78 is 5.19. The first-order valence-corrected chi connectivity index (χ1v) is 7.19. The fourth-order valence-corrected chi connectivity index (χ4v) is 2.26. The van der Waals surface area contributed by atoms with Crippen LogP contribution < -0.4 is 10.1 Å². The van der Waals surface area contributed by atoms with Crippen molar-refractivity contribution in [1.82, 2.24) is 5.32 Å². The van der Waals surface area contributed by atoms with E-state index in [0.717, 1.165) is 16.9 Å². The summed E-state index contributed by atoms with van der Waals surface area (Å²) in [4.78, 5) is 12.2. The zero-order valence-electron chi connectivity index (χ0n) is 12.0. The number of amides is 1. The maximum Gasteiger partial charge on any atom is 0.243 e. The topological polar surface area (TPSA) is 38.3 Å². The van der Waals surface area contributed by atoms with Crippen LogP contribution in [0.5, 0.6) is 5.75 Å². The van der Waals surface area contributed by atoms with E-state index >= 15 is 0 Å². The van der Waals surface area contributed by atoms with E-state index in [-0.39, 0.29) is 11.9 Å². The van der Waals surface area contributed by atoms with Crippen LogP contribution in [0.15, 0.2) is 54.6 Å². The van der Waals surface area contributed by atoms with Gasteiger partial charge in [0.2, 0.25) is 5.91 Å². The monoisotopic (exact) mass is 303 g/mol. The van der Waals surface area contributed by atoms with Crippen molar-refractivity contribution in [2.24, 2.45) is 0 Å². The van der Waals surface area contributed by atoms with E-state index < -0.39 is 5.38 Å². The van der Waals surface area contributed by atoms with Gasteiger partial charge < -0.3 is 10.1 Å². The molecule has 0 radical (unpaired) electrons. The number of methoxy groups -OCH3 is 1. The Hall–Kier alpha value is -2.00. The third-order valence-corrected chi connectivity index (χ3v) is 3.73. The highest BCUT2D eigenvalue weighted by Crippen LogP contribution is 2.23. The number of ether oxygens (including phenoxy) is 1. The van der Waals surface area contributed by atoms with Gasteiger partial charge in [-0.15, -0.1) is 11.6 Å². The SMILES string of the molecule is COc1cccc([C@H](C)NC(=O)C(Cl)c2ccccc2)c1. The van der Waals surface area contributed by atoms with Crippen LogP contribution in [0.4, 0.5) is 0 Å². The second-order valence-electron chi connectivity index (χ2n) is 4.78. The lowest BCUT2D eigenvalue weighted by Gasteiger charge is -2.17. The minimum Gasteiger partial charge on any atom is -0.497 e. The van der Waals surface area contributed by atoms with Crippen LogP contribution in [0.1, 0.15) is 29.5 Å². The van der Waals surface area contributed by atoms with Crippen LogP contribution in [0, 0.1) is 0 Å². The quantitative estimate of drug-likeness (QED) is 0.852. The van der Waals surface area contributed by atoms with Gasteiger partial charge in [-0.2, -0.15) is 0 Å². The van der Waals surface area contributed by atoms with Gasteiger partial charge >= 0.3 is 0 Å². The largest absolute Gasteiger partial charge is 0.497 e. The Labute approximate surface area is 129 Å². The first-order chi connectivity index (χ1) is 10.1. The number of carbonyl (C=O) groups excluding carboxylic acids is 1. The summed E-state index contributed by atoms with van der Waals surface area (Å²) in [6, 6.07) is 16.8. The molecule has 0 aliphatic carbocycles. The molecule has 0 aliphatic rings. The zero-order valence-corrected chi connectivity index (χ0v) is 12.8. The van der Waals surface area contributed by atoms with Crippen molar-refractivity contribution < 1.29 is 9.53 Å². The summed E-state index contributed by atoms with van der Waals surface area (Å²) in [6.45, 7) is 1.92. The molecule has 0 saturated heterocycles. The number of nitrogens with one attached hydrogen (secondary N) is 1. The van der Waals surface area contributed by atoms with Gasteiger partial charge in [0.25, 0.3) is 0 Å². The van der Waals surface area contributed by atoms with Gasteiger partial charge in [0, 0.05) is 0 Å². The van der Waals surface area contributed by atoms with Crippen molar-refractivity contribution in [2.45, 2.75) is 18.3 Å². The van der Waals surface area contributed by atoms with E-state index in [1.54, 1.807) is 7.11 Å². The van der Waals surface area contributed by atoms with E-state index in [9.17, 15) is 4.79 Å².